The molecule has 2 atom stereocenters. The molecule has 2 saturated heterocycles. The van der Waals surface area contributed by atoms with Gasteiger partial charge in [0.1, 0.15) is 29.2 Å². The van der Waals surface area contributed by atoms with Crippen LogP contribution in [0.1, 0.15) is 57.2 Å². The van der Waals surface area contributed by atoms with Gasteiger partial charge in [-0.2, -0.15) is 9.78 Å². The summed E-state index contributed by atoms with van der Waals surface area (Å²) < 4.78 is 12.7. The number of nitrogens with zero attached hydrogens (tertiary/aromatic N) is 5. The number of carbonyl (C=O) groups excluding carboxylic acids is 1. The van der Waals surface area contributed by atoms with E-state index in [1.165, 1.54) is 0 Å². The molecule has 0 aliphatic carbocycles. The highest BCUT2D eigenvalue weighted by molar-refractivity contribution is 5.85. The van der Waals surface area contributed by atoms with Crippen molar-refractivity contribution in [2.45, 2.75) is 52.7 Å². The first-order valence-corrected chi connectivity index (χ1v) is 12.3. The second-order valence-corrected chi connectivity index (χ2v) is 11.0. The number of fused-ring (bicyclic) bond motifs is 1. The van der Waals surface area contributed by atoms with Crippen molar-refractivity contribution >= 4 is 17.6 Å². The highest BCUT2D eigenvalue weighted by Crippen LogP contribution is 2.42. The first kappa shape index (κ1) is 24.1. The van der Waals surface area contributed by atoms with Crippen molar-refractivity contribution in [3.8, 4) is 17.2 Å². The molecule has 2 aliphatic rings. The maximum Gasteiger partial charge on any atom is 0.407 e. The fourth-order valence-corrected chi connectivity index (χ4v) is 4.86. The van der Waals surface area contributed by atoms with Gasteiger partial charge in [-0.05, 0) is 45.2 Å². The third-order valence-corrected chi connectivity index (χ3v) is 6.73. The fraction of sp³-hybridized carbons (Fsp3) is 0.481. The monoisotopic (exact) mass is 488 g/mol. The molecule has 9 heteroatoms. The van der Waals surface area contributed by atoms with E-state index >= 15 is 0 Å². The lowest BCUT2D eigenvalue weighted by Gasteiger charge is -2.28. The zero-order valence-electron chi connectivity index (χ0n) is 21.5. The largest absolute Gasteiger partial charge is 0.444 e. The van der Waals surface area contributed by atoms with E-state index < -0.39 is 11.7 Å². The second-order valence-electron chi connectivity index (χ2n) is 11.0. The van der Waals surface area contributed by atoms with E-state index in [9.17, 15) is 10.1 Å². The highest BCUT2D eigenvalue weighted by Gasteiger charge is 2.38. The molecule has 0 saturated carbocycles. The summed E-state index contributed by atoms with van der Waals surface area (Å²) in [5.41, 5.74) is 3.23. The number of nitriles is 1. The fourth-order valence-electron chi connectivity index (χ4n) is 4.86. The average Bonchev–Trinajstić information content (AvgIpc) is 3.47. The predicted molar refractivity (Wildman–Crippen MR) is 136 cm³/mol. The first-order valence-electron chi connectivity index (χ1n) is 12.3. The molecule has 5 rings (SSSR count). The van der Waals surface area contributed by atoms with Crippen LogP contribution in [-0.4, -0.2) is 52.5 Å². The Morgan fingerprint density at radius 2 is 2.06 bits per heavy atom. The minimum atomic E-state index is -0.543. The van der Waals surface area contributed by atoms with E-state index in [0.29, 0.717) is 36.7 Å². The van der Waals surface area contributed by atoms with Crippen LogP contribution < -0.4 is 10.2 Å². The van der Waals surface area contributed by atoms with Gasteiger partial charge in [-0.25, -0.2) is 9.78 Å². The van der Waals surface area contributed by atoms with Gasteiger partial charge >= 0.3 is 6.09 Å². The van der Waals surface area contributed by atoms with Crippen molar-refractivity contribution in [3.05, 3.63) is 47.3 Å². The van der Waals surface area contributed by atoms with Crippen LogP contribution in [0, 0.1) is 23.7 Å². The van der Waals surface area contributed by atoms with Crippen LogP contribution in [0.25, 0.3) is 16.8 Å². The number of hydrogen-bond acceptors (Lipinski definition) is 7. The SMILES string of the molecule is Cc1c(-c2ccccc2)c(N2CC[C@@](C)(CNC(=O)OC(C)(C)C)C2)n2nc(C3CO3)nc2c1C#N. The maximum atomic E-state index is 12.3. The Morgan fingerprint density at radius 1 is 1.33 bits per heavy atom. The number of nitrogens with one attached hydrogen (secondary N) is 1. The number of hydrogen-bond donors (Lipinski definition) is 1. The molecular weight excluding hydrogens is 456 g/mol. The van der Waals surface area contributed by atoms with Crippen LogP contribution in [0.3, 0.4) is 0 Å². The minimum absolute atomic E-state index is 0.119. The molecule has 188 valence electrons. The molecule has 2 aromatic heterocycles. The number of pyridine rings is 1. The summed E-state index contributed by atoms with van der Waals surface area (Å²) in [5.74, 6) is 1.51. The number of alkyl carbamates (subject to hydrolysis) is 1. The number of aromatic nitrogens is 3. The summed E-state index contributed by atoms with van der Waals surface area (Å²) in [4.78, 5) is 19.3. The van der Waals surface area contributed by atoms with Crippen molar-refractivity contribution in [1.82, 2.24) is 19.9 Å². The summed E-state index contributed by atoms with van der Waals surface area (Å²) in [7, 11) is 0. The molecule has 1 unspecified atom stereocenters. The average molecular weight is 489 g/mol. The molecule has 36 heavy (non-hydrogen) atoms. The van der Waals surface area contributed by atoms with Crippen LogP contribution >= 0.6 is 0 Å². The van der Waals surface area contributed by atoms with Gasteiger partial charge in [-0.3, -0.25) is 0 Å². The number of anilines is 1. The molecule has 0 spiro atoms. The lowest BCUT2D eigenvalue weighted by Crippen LogP contribution is -2.40. The zero-order valence-corrected chi connectivity index (χ0v) is 21.5. The summed E-state index contributed by atoms with van der Waals surface area (Å²) in [6.45, 7) is 12.3. The number of epoxide rings is 1. The topological polar surface area (TPSA) is 108 Å². The number of amides is 1. The summed E-state index contributed by atoms with van der Waals surface area (Å²) in [5, 5.41) is 17.8. The van der Waals surface area contributed by atoms with Crippen LogP contribution in [-0.2, 0) is 9.47 Å². The standard InChI is InChI=1S/C27H32N6O3/c1-17-19(13-28)23-30-22(20-14-35-20)31-33(23)24(21(17)18-9-7-6-8-10-18)32-12-11-27(5,16-32)15-29-25(34)36-26(2,3)4/h6-10,20H,11-12,14-16H2,1-5H3,(H,29,34)/t20?,27-/m0/s1. The summed E-state index contributed by atoms with van der Waals surface area (Å²) >= 11 is 0. The molecule has 9 nitrogen and oxygen atoms in total. The molecule has 2 aliphatic heterocycles. The molecule has 0 bridgehead atoms. The Kier molecular flexibility index (Phi) is 5.87. The van der Waals surface area contributed by atoms with Crippen LogP contribution in [0.4, 0.5) is 10.6 Å². The Hall–Kier alpha value is -3.64. The van der Waals surface area contributed by atoms with Crippen molar-refractivity contribution in [2.24, 2.45) is 5.41 Å². The number of rotatable bonds is 5. The quantitative estimate of drug-likeness (QED) is 0.531. The molecule has 4 heterocycles. The molecule has 0 radical (unpaired) electrons. The Labute approximate surface area is 211 Å². The zero-order chi connectivity index (χ0) is 25.7. The predicted octanol–water partition coefficient (Wildman–Crippen LogP) is 4.39. The van der Waals surface area contributed by atoms with Gasteiger partial charge in [0, 0.05) is 30.6 Å². The molecule has 3 aromatic rings. The van der Waals surface area contributed by atoms with E-state index in [0.717, 1.165) is 35.5 Å². The summed E-state index contributed by atoms with van der Waals surface area (Å²) in [6.07, 6.45) is 0.353. The molecule has 1 aromatic carbocycles. The van der Waals surface area contributed by atoms with E-state index in [4.69, 9.17) is 19.6 Å². The van der Waals surface area contributed by atoms with Crippen molar-refractivity contribution in [2.75, 3.05) is 31.1 Å². The van der Waals surface area contributed by atoms with Gasteiger partial charge in [0.25, 0.3) is 0 Å². The van der Waals surface area contributed by atoms with Crippen LogP contribution in [0.2, 0.25) is 0 Å². The van der Waals surface area contributed by atoms with Gasteiger partial charge in [0.05, 0.1) is 6.61 Å². The first-order chi connectivity index (χ1) is 17.1. The molecule has 1 N–H and O–H groups in total. The van der Waals surface area contributed by atoms with Crippen LogP contribution in [0.5, 0.6) is 0 Å². The van der Waals surface area contributed by atoms with Crippen molar-refractivity contribution in [1.29, 1.82) is 5.26 Å². The molecule has 2 fully saturated rings. The smallest absolute Gasteiger partial charge is 0.407 e. The van der Waals surface area contributed by atoms with Gasteiger partial charge in [-0.15, -0.1) is 5.10 Å². The third-order valence-electron chi connectivity index (χ3n) is 6.73. The number of carbonyl (C=O) groups is 1. The van der Waals surface area contributed by atoms with E-state index in [2.05, 4.69) is 35.3 Å². The van der Waals surface area contributed by atoms with Gasteiger partial charge in [0.15, 0.2) is 11.5 Å². The Balaban J connectivity index is 1.55. The van der Waals surface area contributed by atoms with E-state index in [1.54, 1.807) is 0 Å². The van der Waals surface area contributed by atoms with Gasteiger partial charge in [0.2, 0.25) is 0 Å². The third kappa shape index (κ3) is 4.61. The summed E-state index contributed by atoms with van der Waals surface area (Å²) in [6, 6.07) is 12.5. The lowest BCUT2D eigenvalue weighted by molar-refractivity contribution is 0.0507. The molecule has 1 amide bonds. The molecular formula is C27H32N6O3. The Bertz CT molecular complexity index is 1350. The lowest BCUT2D eigenvalue weighted by atomic mass is 9.90. The number of ether oxygens (including phenoxy) is 2. The van der Waals surface area contributed by atoms with Crippen LogP contribution in [0.15, 0.2) is 30.3 Å². The highest BCUT2D eigenvalue weighted by atomic mass is 16.6. The maximum absolute atomic E-state index is 12.3. The second kappa shape index (κ2) is 8.79. The van der Waals surface area contributed by atoms with Gasteiger partial charge in [-0.1, -0.05) is 37.3 Å². The van der Waals surface area contributed by atoms with E-state index in [-0.39, 0.29) is 11.5 Å². The van der Waals surface area contributed by atoms with Gasteiger partial charge < -0.3 is 19.7 Å². The minimum Gasteiger partial charge on any atom is -0.444 e. The normalized spacial score (nSPS) is 21.4. The number of benzene rings is 1. The van der Waals surface area contributed by atoms with E-state index in [1.807, 2.05) is 50.4 Å². The Morgan fingerprint density at radius 3 is 2.69 bits per heavy atom. The van der Waals surface area contributed by atoms with Crippen molar-refractivity contribution < 1.29 is 14.3 Å². The van der Waals surface area contributed by atoms with Crippen molar-refractivity contribution in [3.63, 3.8) is 0 Å².